The third kappa shape index (κ3) is 21.9. The summed E-state index contributed by atoms with van der Waals surface area (Å²) in [5, 5.41) is 0. The third-order valence-corrected chi connectivity index (χ3v) is 5.61. The Morgan fingerprint density at radius 1 is 0.400 bits per heavy atom. The maximum atomic E-state index is 6.13. The van der Waals surface area contributed by atoms with Crippen LogP contribution in [0.2, 0.25) is 0 Å². The zero-order valence-corrected chi connectivity index (χ0v) is 18.0. The zero-order chi connectivity index (χ0) is 18.4. The van der Waals surface area contributed by atoms with E-state index in [4.69, 9.17) is 5.73 Å². The highest BCUT2D eigenvalue weighted by atomic mass is 14.6. The first-order valence-corrected chi connectivity index (χ1v) is 12.1. The second kappa shape index (κ2) is 22.0. The van der Waals surface area contributed by atoms with E-state index in [1.54, 1.807) is 0 Å². The first-order chi connectivity index (χ1) is 12.3. The summed E-state index contributed by atoms with van der Waals surface area (Å²) in [6.45, 7) is 4.55. The Bertz CT molecular complexity index is 226. The Kier molecular flexibility index (Phi) is 22.0. The van der Waals surface area contributed by atoms with Gasteiger partial charge in [-0.15, -0.1) is 0 Å². The van der Waals surface area contributed by atoms with Crippen molar-refractivity contribution in [3.8, 4) is 0 Å². The van der Waals surface area contributed by atoms with E-state index in [1.807, 2.05) is 0 Å². The average molecular weight is 354 g/mol. The summed E-state index contributed by atoms with van der Waals surface area (Å²) in [7, 11) is 0. The summed E-state index contributed by atoms with van der Waals surface area (Å²) < 4.78 is 0. The fraction of sp³-hybridized carbons (Fsp3) is 1.00. The van der Waals surface area contributed by atoms with Crippen LogP contribution in [0.15, 0.2) is 0 Å². The third-order valence-electron chi connectivity index (χ3n) is 5.61. The number of rotatable bonds is 21. The Hall–Kier alpha value is -0.0400. The summed E-state index contributed by atoms with van der Waals surface area (Å²) in [5.74, 6) is 0. The molecule has 0 aliphatic heterocycles. The van der Waals surface area contributed by atoms with Gasteiger partial charge in [-0.2, -0.15) is 0 Å². The van der Waals surface area contributed by atoms with Crippen LogP contribution < -0.4 is 5.73 Å². The van der Waals surface area contributed by atoms with E-state index in [1.165, 1.54) is 135 Å². The minimum absolute atomic E-state index is 0.469. The fourth-order valence-corrected chi connectivity index (χ4v) is 3.74. The van der Waals surface area contributed by atoms with Crippen LogP contribution in [0.1, 0.15) is 149 Å². The Labute approximate surface area is 160 Å². The number of hydrogen-bond acceptors (Lipinski definition) is 1. The molecule has 1 atom stereocenters. The SMILES string of the molecule is CCCCCCCCCCCCCCCCCCCC(N)CCCC. The van der Waals surface area contributed by atoms with Crippen LogP contribution in [0.25, 0.3) is 0 Å². The summed E-state index contributed by atoms with van der Waals surface area (Å²) >= 11 is 0. The van der Waals surface area contributed by atoms with Gasteiger partial charge in [-0.1, -0.05) is 136 Å². The Morgan fingerprint density at radius 2 is 0.680 bits per heavy atom. The van der Waals surface area contributed by atoms with E-state index in [0.29, 0.717) is 6.04 Å². The molecule has 0 spiro atoms. The van der Waals surface area contributed by atoms with E-state index in [0.717, 1.165) is 0 Å². The second-order valence-electron chi connectivity index (χ2n) is 8.35. The molecule has 0 heterocycles. The van der Waals surface area contributed by atoms with Crippen molar-refractivity contribution in [2.24, 2.45) is 5.73 Å². The minimum Gasteiger partial charge on any atom is -0.328 e. The lowest BCUT2D eigenvalue weighted by molar-refractivity contribution is 0.491. The molecule has 0 saturated heterocycles. The average Bonchev–Trinajstić information content (AvgIpc) is 2.62. The van der Waals surface area contributed by atoms with Gasteiger partial charge in [-0.25, -0.2) is 0 Å². The van der Waals surface area contributed by atoms with E-state index in [-0.39, 0.29) is 0 Å². The van der Waals surface area contributed by atoms with Crippen LogP contribution in [0.4, 0.5) is 0 Å². The Morgan fingerprint density at radius 3 is 1.04 bits per heavy atom. The molecule has 1 unspecified atom stereocenters. The quantitative estimate of drug-likeness (QED) is 0.205. The van der Waals surface area contributed by atoms with Crippen LogP contribution in [-0.2, 0) is 0 Å². The second-order valence-corrected chi connectivity index (χ2v) is 8.35. The fourth-order valence-electron chi connectivity index (χ4n) is 3.74. The molecule has 2 N–H and O–H groups in total. The van der Waals surface area contributed by atoms with Gasteiger partial charge in [0.25, 0.3) is 0 Å². The molecule has 0 aromatic carbocycles. The highest BCUT2D eigenvalue weighted by Crippen LogP contribution is 2.15. The number of nitrogens with two attached hydrogens (primary N) is 1. The van der Waals surface area contributed by atoms with Crippen molar-refractivity contribution < 1.29 is 0 Å². The van der Waals surface area contributed by atoms with Crippen molar-refractivity contribution in [2.45, 2.75) is 155 Å². The van der Waals surface area contributed by atoms with Crippen molar-refractivity contribution in [2.75, 3.05) is 0 Å². The number of unbranched alkanes of at least 4 members (excludes halogenated alkanes) is 17. The van der Waals surface area contributed by atoms with Crippen LogP contribution in [0.5, 0.6) is 0 Å². The maximum Gasteiger partial charge on any atom is 0.00388 e. The topological polar surface area (TPSA) is 26.0 Å². The maximum absolute atomic E-state index is 6.13. The molecule has 0 amide bonds. The molecule has 0 aromatic heterocycles. The van der Waals surface area contributed by atoms with Crippen LogP contribution in [0, 0.1) is 0 Å². The summed E-state index contributed by atoms with van der Waals surface area (Å²) in [4.78, 5) is 0. The summed E-state index contributed by atoms with van der Waals surface area (Å²) in [5.41, 5.74) is 6.13. The standard InChI is InChI=1S/C24H51N/c1-3-5-7-8-9-10-11-12-13-14-15-16-17-18-19-20-21-23-24(25)22-6-4-2/h24H,3-23,25H2,1-2H3. The molecule has 0 aliphatic rings. The van der Waals surface area contributed by atoms with Crippen molar-refractivity contribution in [3.63, 3.8) is 0 Å². The molecule has 0 saturated carbocycles. The summed E-state index contributed by atoms with van der Waals surface area (Å²) in [6.07, 6.45) is 29.7. The lowest BCUT2D eigenvalue weighted by Gasteiger charge is -2.10. The van der Waals surface area contributed by atoms with Crippen LogP contribution in [-0.4, -0.2) is 6.04 Å². The molecule has 0 aromatic rings. The smallest absolute Gasteiger partial charge is 0.00388 e. The van der Waals surface area contributed by atoms with Gasteiger partial charge in [0.2, 0.25) is 0 Å². The lowest BCUT2D eigenvalue weighted by Crippen LogP contribution is -2.19. The zero-order valence-electron chi connectivity index (χ0n) is 18.0. The largest absolute Gasteiger partial charge is 0.328 e. The van der Waals surface area contributed by atoms with E-state index < -0.39 is 0 Å². The minimum atomic E-state index is 0.469. The van der Waals surface area contributed by atoms with Gasteiger partial charge in [0.1, 0.15) is 0 Å². The number of hydrogen-bond donors (Lipinski definition) is 1. The monoisotopic (exact) mass is 353 g/mol. The molecule has 0 fully saturated rings. The Balaban J connectivity index is 3.03. The lowest BCUT2D eigenvalue weighted by atomic mass is 10.0. The molecule has 25 heavy (non-hydrogen) atoms. The first kappa shape index (κ1) is 25.0. The molecule has 152 valence electrons. The van der Waals surface area contributed by atoms with Gasteiger partial charge < -0.3 is 5.73 Å². The van der Waals surface area contributed by atoms with Gasteiger partial charge in [0.15, 0.2) is 0 Å². The van der Waals surface area contributed by atoms with E-state index in [9.17, 15) is 0 Å². The van der Waals surface area contributed by atoms with Gasteiger partial charge in [-0.05, 0) is 12.8 Å². The van der Waals surface area contributed by atoms with Crippen molar-refractivity contribution >= 4 is 0 Å². The van der Waals surface area contributed by atoms with Gasteiger partial charge >= 0.3 is 0 Å². The molecule has 1 heteroatoms. The molecule has 0 aliphatic carbocycles. The van der Waals surface area contributed by atoms with Crippen LogP contribution >= 0.6 is 0 Å². The van der Waals surface area contributed by atoms with Crippen LogP contribution in [0.3, 0.4) is 0 Å². The van der Waals surface area contributed by atoms with Gasteiger partial charge in [-0.3, -0.25) is 0 Å². The first-order valence-electron chi connectivity index (χ1n) is 12.1. The molecular weight excluding hydrogens is 302 g/mol. The van der Waals surface area contributed by atoms with Gasteiger partial charge in [0.05, 0.1) is 0 Å². The normalized spacial score (nSPS) is 12.6. The summed E-state index contributed by atoms with van der Waals surface area (Å²) in [6, 6.07) is 0.469. The van der Waals surface area contributed by atoms with E-state index >= 15 is 0 Å². The predicted molar refractivity (Wildman–Crippen MR) is 116 cm³/mol. The molecular formula is C24H51N. The highest BCUT2D eigenvalue weighted by molar-refractivity contribution is 4.61. The molecule has 0 bridgehead atoms. The molecule has 0 rings (SSSR count). The van der Waals surface area contributed by atoms with E-state index in [2.05, 4.69) is 13.8 Å². The van der Waals surface area contributed by atoms with Crippen molar-refractivity contribution in [3.05, 3.63) is 0 Å². The van der Waals surface area contributed by atoms with Crippen molar-refractivity contribution in [1.82, 2.24) is 0 Å². The predicted octanol–water partition coefficient (Wildman–Crippen LogP) is 8.55. The highest BCUT2D eigenvalue weighted by Gasteiger charge is 2.01. The molecule has 0 radical (unpaired) electrons. The molecule has 1 nitrogen and oxygen atoms in total. The van der Waals surface area contributed by atoms with Gasteiger partial charge in [0, 0.05) is 6.04 Å². The van der Waals surface area contributed by atoms with Crippen molar-refractivity contribution in [1.29, 1.82) is 0 Å².